The number of hydrogen-bond acceptors (Lipinski definition) is 5. The third kappa shape index (κ3) is 3.06. The maximum absolute atomic E-state index is 12.7. The third-order valence-electron chi connectivity index (χ3n) is 4.75. The molecule has 0 saturated carbocycles. The third-order valence-corrected chi connectivity index (χ3v) is 5.27. The SMILES string of the molecule is CC(C)(C)C1=CC2(c3ccccn3)C(Cl)C(=O)N2NC(c2ccccn2)=N1.Cl. The molecule has 1 saturated heterocycles. The Hall–Kier alpha value is -2.44. The maximum atomic E-state index is 12.7. The number of allylic oxidation sites excluding steroid dienone is 1. The minimum Gasteiger partial charge on any atom is -0.276 e. The molecule has 28 heavy (non-hydrogen) atoms. The number of amidine groups is 1. The number of halogens is 2. The Morgan fingerprint density at radius 3 is 2.36 bits per heavy atom. The smallest absolute Gasteiger partial charge is 0.263 e. The molecule has 0 bridgehead atoms. The number of β-lactam (4-membered cyclic amide) rings is 1. The second-order valence-corrected chi connectivity index (χ2v) is 8.08. The molecule has 2 aromatic rings. The molecule has 2 aliphatic rings. The van der Waals surface area contributed by atoms with Crippen molar-refractivity contribution in [2.75, 3.05) is 0 Å². The summed E-state index contributed by atoms with van der Waals surface area (Å²) in [6, 6.07) is 11.2. The zero-order chi connectivity index (χ0) is 19.2. The average Bonchev–Trinajstić information content (AvgIpc) is 2.85. The number of alkyl halides is 1. The molecular weight excluding hydrogens is 397 g/mol. The monoisotopic (exact) mass is 417 g/mol. The Morgan fingerprint density at radius 2 is 1.79 bits per heavy atom. The highest BCUT2D eigenvalue weighted by atomic mass is 35.5. The van der Waals surface area contributed by atoms with Gasteiger partial charge in [0, 0.05) is 23.5 Å². The van der Waals surface area contributed by atoms with Crippen LogP contribution in [0.25, 0.3) is 0 Å². The van der Waals surface area contributed by atoms with Gasteiger partial charge in [-0.2, -0.15) is 0 Å². The number of aromatic nitrogens is 2. The van der Waals surface area contributed by atoms with E-state index < -0.39 is 10.9 Å². The van der Waals surface area contributed by atoms with Crippen LogP contribution in [0.2, 0.25) is 0 Å². The van der Waals surface area contributed by atoms with Crippen LogP contribution in [0.5, 0.6) is 0 Å². The fourth-order valence-electron chi connectivity index (χ4n) is 3.23. The summed E-state index contributed by atoms with van der Waals surface area (Å²) in [6.45, 7) is 6.22. The average molecular weight is 418 g/mol. The molecule has 1 amide bonds. The molecule has 146 valence electrons. The first-order valence-corrected chi connectivity index (χ1v) is 9.17. The van der Waals surface area contributed by atoms with Crippen molar-refractivity contribution in [1.29, 1.82) is 0 Å². The summed E-state index contributed by atoms with van der Waals surface area (Å²) in [7, 11) is 0. The summed E-state index contributed by atoms with van der Waals surface area (Å²) in [4.78, 5) is 26.3. The van der Waals surface area contributed by atoms with Gasteiger partial charge in [-0.1, -0.05) is 32.9 Å². The summed E-state index contributed by atoms with van der Waals surface area (Å²) >= 11 is 6.56. The normalized spacial score (nSPS) is 23.9. The molecule has 4 heterocycles. The van der Waals surface area contributed by atoms with Gasteiger partial charge in [-0.05, 0) is 30.3 Å². The van der Waals surface area contributed by atoms with Gasteiger partial charge in [-0.15, -0.1) is 24.0 Å². The lowest BCUT2D eigenvalue weighted by Crippen LogP contribution is -2.74. The number of carbonyl (C=O) groups is 1. The number of aliphatic imine (C=N–C) groups is 1. The minimum absolute atomic E-state index is 0. The lowest BCUT2D eigenvalue weighted by Gasteiger charge is -2.52. The van der Waals surface area contributed by atoms with Crippen molar-refractivity contribution in [2.45, 2.75) is 31.7 Å². The van der Waals surface area contributed by atoms with Gasteiger partial charge in [0.1, 0.15) is 11.1 Å². The minimum atomic E-state index is -0.914. The Labute approximate surface area is 175 Å². The van der Waals surface area contributed by atoms with Crippen molar-refractivity contribution < 1.29 is 4.79 Å². The second kappa shape index (κ2) is 7.18. The van der Waals surface area contributed by atoms with Gasteiger partial charge in [0.2, 0.25) is 0 Å². The number of nitrogens with zero attached hydrogens (tertiary/aromatic N) is 4. The van der Waals surface area contributed by atoms with Crippen LogP contribution in [-0.4, -0.2) is 32.1 Å². The highest BCUT2D eigenvalue weighted by Crippen LogP contribution is 2.47. The molecule has 2 atom stereocenters. The molecule has 2 aliphatic heterocycles. The number of amides is 1. The topological polar surface area (TPSA) is 70.5 Å². The molecule has 2 unspecified atom stereocenters. The van der Waals surface area contributed by atoms with Crippen LogP contribution in [0.1, 0.15) is 32.2 Å². The van der Waals surface area contributed by atoms with Gasteiger partial charge in [-0.3, -0.25) is 20.2 Å². The highest BCUT2D eigenvalue weighted by molar-refractivity contribution is 6.34. The number of pyridine rings is 2. The summed E-state index contributed by atoms with van der Waals surface area (Å²) in [6.07, 6.45) is 5.35. The predicted octanol–water partition coefficient (Wildman–Crippen LogP) is 3.44. The van der Waals surface area contributed by atoms with Crippen molar-refractivity contribution >= 4 is 35.8 Å². The quantitative estimate of drug-likeness (QED) is 0.599. The van der Waals surface area contributed by atoms with Crippen LogP contribution in [0, 0.1) is 5.41 Å². The molecule has 0 aromatic carbocycles. The Morgan fingerprint density at radius 1 is 1.11 bits per heavy atom. The first-order valence-electron chi connectivity index (χ1n) is 8.74. The zero-order valence-electron chi connectivity index (χ0n) is 15.8. The fraction of sp³-hybridized carbons (Fsp3) is 0.300. The van der Waals surface area contributed by atoms with Crippen LogP contribution in [-0.2, 0) is 10.3 Å². The molecule has 1 N–H and O–H groups in total. The zero-order valence-corrected chi connectivity index (χ0v) is 17.3. The predicted molar refractivity (Wildman–Crippen MR) is 111 cm³/mol. The van der Waals surface area contributed by atoms with Gasteiger partial charge in [0.25, 0.3) is 5.91 Å². The lowest BCUT2D eigenvalue weighted by atomic mass is 9.78. The molecular formula is C20H21Cl2N5O. The van der Waals surface area contributed by atoms with Crippen molar-refractivity contribution in [3.63, 3.8) is 0 Å². The van der Waals surface area contributed by atoms with E-state index in [0.717, 1.165) is 5.70 Å². The van der Waals surface area contributed by atoms with Crippen LogP contribution < -0.4 is 5.43 Å². The number of rotatable bonds is 2. The summed E-state index contributed by atoms with van der Waals surface area (Å²) < 4.78 is 0. The number of hydrazine groups is 1. The van der Waals surface area contributed by atoms with Gasteiger partial charge in [0.05, 0.1) is 5.69 Å². The van der Waals surface area contributed by atoms with Crippen molar-refractivity contribution in [3.8, 4) is 0 Å². The first-order chi connectivity index (χ1) is 12.8. The first kappa shape index (κ1) is 20.3. The summed E-state index contributed by atoms with van der Waals surface area (Å²) in [5.74, 6) is 0.281. The summed E-state index contributed by atoms with van der Waals surface area (Å²) in [5, 5.41) is 0.745. The van der Waals surface area contributed by atoms with Gasteiger partial charge in [-0.25, -0.2) is 10.0 Å². The van der Waals surface area contributed by atoms with E-state index in [0.29, 0.717) is 17.2 Å². The van der Waals surface area contributed by atoms with Crippen molar-refractivity contribution in [3.05, 3.63) is 72.0 Å². The van der Waals surface area contributed by atoms with Crippen LogP contribution in [0.15, 0.2) is 65.6 Å². The van der Waals surface area contributed by atoms with Gasteiger partial charge >= 0.3 is 0 Å². The highest BCUT2D eigenvalue weighted by Gasteiger charge is 2.62. The van der Waals surface area contributed by atoms with E-state index >= 15 is 0 Å². The van der Waals surface area contributed by atoms with Crippen molar-refractivity contribution in [2.24, 2.45) is 10.4 Å². The molecule has 2 aromatic heterocycles. The largest absolute Gasteiger partial charge is 0.276 e. The van der Waals surface area contributed by atoms with E-state index in [4.69, 9.17) is 16.6 Å². The van der Waals surface area contributed by atoms with Crippen molar-refractivity contribution in [1.82, 2.24) is 20.4 Å². The molecule has 8 heteroatoms. The molecule has 1 fully saturated rings. The number of nitrogens with one attached hydrogen (secondary N) is 1. The van der Waals surface area contributed by atoms with E-state index in [1.165, 1.54) is 5.01 Å². The second-order valence-electron chi connectivity index (χ2n) is 7.64. The van der Waals surface area contributed by atoms with Crippen LogP contribution in [0.4, 0.5) is 0 Å². The Balaban J connectivity index is 0.00000225. The lowest BCUT2D eigenvalue weighted by molar-refractivity contribution is -0.156. The molecule has 0 spiro atoms. The molecule has 0 radical (unpaired) electrons. The van der Waals surface area contributed by atoms with Gasteiger partial charge < -0.3 is 0 Å². The van der Waals surface area contributed by atoms with E-state index in [9.17, 15) is 4.79 Å². The van der Waals surface area contributed by atoms with E-state index in [-0.39, 0.29) is 23.7 Å². The van der Waals surface area contributed by atoms with E-state index in [2.05, 4.69) is 36.2 Å². The summed E-state index contributed by atoms with van der Waals surface area (Å²) in [5.41, 5.74) is 4.11. The maximum Gasteiger partial charge on any atom is 0.263 e. The fourth-order valence-corrected chi connectivity index (χ4v) is 3.60. The molecule has 0 aliphatic carbocycles. The Kier molecular flexibility index (Phi) is 5.21. The van der Waals surface area contributed by atoms with Crippen LogP contribution in [0.3, 0.4) is 0 Å². The van der Waals surface area contributed by atoms with E-state index in [1.54, 1.807) is 12.4 Å². The van der Waals surface area contributed by atoms with Crippen LogP contribution >= 0.6 is 24.0 Å². The standard InChI is InChI=1S/C20H20ClN5O.ClH/c1-19(2,3)15-12-20(14-9-5-7-11-23-14)16(21)18(27)26(20)25-17(24-15)13-8-4-6-10-22-13;/h4-12,16H,1-3H3,(H,24,25);1H. The molecule has 4 rings (SSSR count). The Bertz CT molecular complexity index is 940. The number of fused-ring (bicyclic) bond motifs is 1. The number of carbonyl (C=O) groups excluding carboxylic acids is 1. The number of hydrogen-bond donors (Lipinski definition) is 1. The van der Waals surface area contributed by atoms with Gasteiger partial charge in [0.15, 0.2) is 11.4 Å². The van der Waals surface area contributed by atoms with E-state index in [1.807, 2.05) is 42.5 Å². The molecule has 6 nitrogen and oxygen atoms in total.